The Morgan fingerprint density at radius 3 is 2.59 bits per heavy atom. The molecule has 0 atom stereocenters. The summed E-state index contributed by atoms with van der Waals surface area (Å²) in [6, 6.07) is 5.33. The molecule has 0 radical (unpaired) electrons. The quantitative estimate of drug-likeness (QED) is 0.915. The van der Waals surface area contributed by atoms with E-state index in [1.807, 2.05) is 0 Å². The van der Waals surface area contributed by atoms with Crippen LogP contribution in [0.15, 0.2) is 33.4 Å². The van der Waals surface area contributed by atoms with E-state index in [1.54, 1.807) is 18.2 Å². The highest BCUT2D eigenvalue weighted by Gasteiger charge is 2.22. The minimum atomic E-state index is -1.39. The first-order valence-corrected chi connectivity index (χ1v) is 5.88. The molecule has 0 saturated heterocycles. The van der Waals surface area contributed by atoms with Crippen molar-refractivity contribution < 1.29 is 8.91 Å². The summed E-state index contributed by atoms with van der Waals surface area (Å²) >= 11 is 3.36. The molecular weight excluding hydrogens is 287 g/mol. The maximum atomic E-state index is 13.8. The Morgan fingerprint density at radius 1 is 1.41 bits per heavy atom. The highest BCUT2D eigenvalue weighted by Crippen LogP contribution is 2.35. The van der Waals surface area contributed by atoms with Gasteiger partial charge in [0.1, 0.15) is 5.67 Å². The number of anilines is 1. The van der Waals surface area contributed by atoms with E-state index in [0.717, 1.165) is 5.56 Å². The average Bonchev–Trinajstić information content (AvgIpc) is 2.62. The van der Waals surface area contributed by atoms with Crippen LogP contribution in [0.3, 0.4) is 0 Å². The van der Waals surface area contributed by atoms with E-state index in [-0.39, 0.29) is 5.88 Å². The molecule has 2 N–H and O–H groups in total. The van der Waals surface area contributed by atoms with Gasteiger partial charge in [-0.3, -0.25) is 0 Å². The molecule has 1 aromatic carbocycles. The number of nitrogens with two attached hydrogens (primary N) is 1. The third-order valence-electron chi connectivity index (χ3n) is 2.52. The summed E-state index contributed by atoms with van der Waals surface area (Å²) in [7, 11) is 0. The van der Waals surface area contributed by atoms with Crippen molar-refractivity contribution in [1.29, 1.82) is 0 Å². The first kappa shape index (κ1) is 12.1. The fourth-order valence-corrected chi connectivity index (χ4v) is 2.48. The highest BCUT2D eigenvalue weighted by molar-refractivity contribution is 9.10. The van der Waals surface area contributed by atoms with Gasteiger partial charge in [-0.1, -0.05) is 33.2 Å². The van der Waals surface area contributed by atoms with Gasteiger partial charge in [-0.25, -0.2) is 4.39 Å². The maximum Gasteiger partial charge on any atom is 0.229 e. The molecule has 0 aliphatic carbocycles. The van der Waals surface area contributed by atoms with Gasteiger partial charge in [-0.15, -0.1) is 0 Å². The average molecular weight is 299 g/mol. The van der Waals surface area contributed by atoms with Crippen LogP contribution in [0.25, 0.3) is 11.1 Å². The number of alkyl halides is 1. The lowest BCUT2D eigenvalue weighted by Crippen LogP contribution is -2.09. The second-order valence-electron chi connectivity index (χ2n) is 4.27. The van der Waals surface area contributed by atoms with Crippen molar-refractivity contribution >= 4 is 21.8 Å². The molecule has 0 saturated carbocycles. The zero-order chi connectivity index (χ0) is 12.6. The number of hydrogen-bond donors (Lipinski definition) is 1. The Bertz CT molecular complexity index is 546. The Labute approximate surface area is 107 Å². The number of aromatic nitrogens is 1. The molecule has 17 heavy (non-hydrogen) atoms. The summed E-state index contributed by atoms with van der Waals surface area (Å²) in [6.07, 6.45) is 1.54. The Morgan fingerprint density at radius 2 is 2.12 bits per heavy atom. The van der Waals surface area contributed by atoms with Gasteiger partial charge in [0.25, 0.3) is 0 Å². The largest absolute Gasteiger partial charge is 0.367 e. The molecule has 3 nitrogen and oxygen atoms in total. The van der Waals surface area contributed by atoms with Crippen molar-refractivity contribution in [1.82, 2.24) is 5.16 Å². The summed E-state index contributed by atoms with van der Waals surface area (Å²) in [6.45, 7) is 3.03. The molecule has 2 rings (SSSR count). The lowest BCUT2D eigenvalue weighted by Gasteiger charge is -2.17. The van der Waals surface area contributed by atoms with Crippen LogP contribution in [-0.2, 0) is 5.67 Å². The normalized spacial score (nSPS) is 11.8. The summed E-state index contributed by atoms with van der Waals surface area (Å²) < 4.78 is 19.3. The molecular formula is C12H12BrFN2O. The Kier molecular flexibility index (Phi) is 2.95. The molecule has 0 unspecified atom stereocenters. The topological polar surface area (TPSA) is 52.0 Å². The van der Waals surface area contributed by atoms with Crippen molar-refractivity contribution in [2.24, 2.45) is 0 Å². The molecule has 5 heteroatoms. The molecule has 0 amide bonds. The molecule has 0 bridgehead atoms. The van der Waals surface area contributed by atoms with Crippen molar-refractivity contribution in [3.8, 4) is 11.1 Å². The van der Waals surface area contributed by atoms with Crippen molar-refractivity contribution in [3.63, 3.8) is 0 Å². The van der Waals surface area contributed by atoms with Crippen LogP contribution in [0, 0.1) is 0 Å². The van der Waals surface area contributed by atoms with Crippen LogP contribution in [0.5, 0.6) is 0 Å². The molecule has 0 fully saturated rings. The van der Waals surface area contributed by atoms with Gasteiger partial charge in [0.2, 0.25) is 5.88 Å². The lowest BCUT2D eigenvalue weighted by atomic mass is 9.97. The monoisotopic (exact) mass is 298 g/mol. The van der Waals surface area contributed by atoms with Gasteiger partial charge in [-0.05, 0) is 25.5 Å². The van der Waals surface area contributed by atoms with Crippen molar-refractivity contribution in [2.45, 2.75) is 19.5 Å². The lowest BCUT2D eigenvalue weighted by molar-refractivity contribution is 0.220. The zero-order valence-corrected chi connectivity index (χ0v) is 11.1. The number of hydrogen-bond acceptors (Lipinski definition) is 3. The van der Waals surface area contributed by atoms with Crippen LogP contribution >= 0.6 is 15.9 Å². The van der Waals surface area contributed by atoms with E-state index in [2.05, 4.69) is 21.1 Å². The van der Waals surface area contributed by atoms with Crippen LogP contribution in [0.2, 0.25) is 0 Å². The van der Waals surface area contributed by atoms with E-state index in [0.29, 0.717) is 15.6 Å². The molecule has 0 aliphatic heterocycles. The van der Waals surface area contributed by atoms with Crippen LogP contribution in [0.4, 0.5) is 10.3 Å². The third-order valence-corrected chi connectivity index (χ3v) is 3.17. The van der Waals surface area contributed by atoms with E-state index >= 15 is 0 Å². The molecule has 2 aromatic rings. The minimum absolute atomic E-state index is 0.254. The molecule has 1 aromatic heterocycles. The van der Waals surface area contributed by atoms with E-state index in [9.17, 15) is 4.39 Å². The Hall–Kier alpha value is -1.36. The minimum Gasteiger partial charge on any atom is -0.367 e. The van der Waals surface area contributed by atoms with E-state index < -0.39 is 5.67 Å². The highest BCUT2D eigenvalue weighted by atomic mass is 79.9. The van der Waals surface area contributed by atoms with Gasteiger partial charge in [0.05, 0.1) is 11.8 Å². The fourth-order valence-electron chi connectivity index (χ4n) is 1.63. The first-order chi connectivity index (χ1) is 7.89. The SMILES string of the molecule is CC(C)(F)c1ccc(-c2cnoc2N)cc1Br. The molecule has 90 valence electrons. The van der Waals surface area contributed by atoms with Crippen molar-refractivity contribution in [2.75, 3.05) is 5.73 Å². The zero-order valence-electron chi connectivity index (χ0n) is 9.50. The van der Waals surface area contributed by atoms with Gasteiger partial charge in [0, 0.05) is 10.0 Å². The van der Waals surface area contributed by atoms with E-state index in [4.69, 9.17) is 10.3 Å². The second kappa shape index (κ2) is 4.14. The van der Waals surface area contributed by atoms with Gasteiger partial charge in [0.15, 0.2) is 0 Å². The third kappa shape index (κ3) is 2.34. The molecule has 0 aliphatic rings. The number of rotatable bonds is 2. The summed E-state index contributed by atoms with van der Waals surface area (Å²) in [5.74, 6) is 0.254. The summed E-state index contributed by atoms with van der Waals surface area (Å²) in [5.41, 5.74) is 6.37. The smallest absolute Gasteiger partial charge is 0.229 e. The predicted octanol–water partition coefficient (Wildman–Crippen LogP) is 3.89. The summed E-state index contributed by atoms with van der Waals surface area (Å²) in [4.78, 5) is 0. The van der Waals surface area contributed by atoms with Gasteiger partial charge < -0.3 is 10.3 Å². The molecule has 0 spiro atoms. The molecule has 1 heterocycles. The summed E-state index contributed by atoms with van der Waals surface area (Å²) in [5, 5.41) is 3.61. The van der Waals surface area contributed by atoms with Gasteiger partial charge >= 0.3 is 0 Å². The van der Waals surface area contributed by atoms with Crippen LogP contribution < -0.4 is 5.73 Å². The van der Waals surface area contributed by atoms with E-state index in [1.165, 1.54) is 20.0 Å². The fraction of sp³-hybridized carbons (Fsp3) is 0.250. The number of nitrogen functional groups attached to an aromatic ring is 1. The second-order valence-corrected chi connectivity index (χ2v) is 5.13. The number of nitrogens with zero attached hydrogens (tertiary/aromatic N) is 1. The Balaban J connectivity index is 2.49. The first-order valence-electron chi connectivity index (χ1n) is 5.09. The number of benzene rings is 1. The van der Waals surface area contributed by atoms with Gasteiger partial charge in [-0.2, -0.15) is 0 Å². The van der Waals surface area contributed by atoms with Crippen molar-refractivity contribution in [3.05, 3.63) is 34.4 Å². The standard InChI is InChI=1S/C12H12BrFN2O/c1-12(2,14)9-4-3-7(5-10(9)13)8-6-16-17-11(8)15/h3-6H,15H2,1-2H3. The predicted molar refractivity (Wildman–Crippen MR) is 68.2 cm³/mol. The number of halogens is 2. The van der Waals surface area contributed by atoms with Crippen LogP contribution in [0.1, 0.15) is 19.4 Å². The maximum absolute atomic E-state index is 13.8. The van der Waals surface area contributed by atoms with Crippen LogP contribution in [-0.4, -0.2) is 5.16 Å².